The van der Waals surface area contributed by atoms with Crippen molar-refractivity contribution in [2.75, 3.05) is 42.6 Å². The number of fused-ring (bicyclic) bond motifs is 1. The topological polar surface area (TPSA) is 71.5 Å². The first kappa shape index (κ1) is 17.3. The number of pyridine rings is 1. The quantitative estimate of drug-likeness (QED) is 0.814. The lowest BCUT2D eigenvalue weighted by atomic mass is 9.93. The lowest BCUT2D eigenvalue weighted by Crippen LogP contribution is -2.37. The third-order valence-corrected chi connectivity index (χ3v) is 5.64. The summed E-state index contributed by atoms with van der Waals surface area (Å²) in [6, 6.07) is 4.04. The van der Waals surface area contributed by atoms with E-state index in [9.17, 15) is 4.79 Å². The van der Waals surface area contributed by atoms with Crippen LogP contribution in [0.1, 0.15) is 30.5 Å². The van der Waals surface area contributed by atoms with Crippen LogP contribution in [0.15, 0.2) is 30.6 Å². The Morgan fingerprint density at radius 1 is 0.964 bits per heavy atom. The molecule has 7 nitrogen and oxygen atoms in total. The minimum absolute atomic E-state index is 0.307. The van der Waals surface area contributed by atoms with Crippen LogP contribution in [0.3, 0.4) is 0 Å². The van der Waals surface area contributed by atoms with E-state index in [1.807, 2.05) is 24.5 Å². The summed E-state index contributed by atoms with van der Waals surface area (Å²) in [6.07, 6.45) is 8.47. The van der Waals surface area contributed by atoms with E-state index in [1.165, 1.54) is 11.1 Å². The van der Waals surface area contributed by atoms with Gasteiger partial charge in [0.25, 0.3) is 0 Å². The van der Waals surface area contributed by atoms with E-state index in [2.05, 4.69) is 20.9 Å². The summed E-state index contributed by atoms with van der Waals surface area (Å²) in [5.41, 5.74) is 4.49. The monoisotopic (exact) mass is 377 g/mol. The van der Waals surface area contributed by atoms with Crippen molar-refractivity contribution < 1.29 is 9.53 Å². The van der Waals surface area contributed by atoms with Crippen LogP contribution in [0.4, 0.5) is 17.5 Å². The fourth-order valence-electron chi connectivity index (χ4n) is 4.12. The molecule has 0 bridgehead atoms. The molecule has 144 valence electrons. The number of anilines is 3. The van der Waals surface area contributed by atoms with Crippen molar-refractivity contribution in [3.05, 3.63) is 41.9 Å². The molecule has 0 atom stereocenters. The van der Waals surface area contributed by atoms with E-state index >= 15 is 0 Å². The number of morpholine rings is 1. The third-order valence-electron chi connectivity index (χ3n) is 5.64. The normalized spacial score (nSPS) is 19.6. The number of rotatable bonds is 3. The van der Waals surface area contributed by atoms with Gasteiger partial charge < -0.3 is 14.5 Å². The number of nitrogens with zero attached hydrogens (tertiary/aromatic N) is 5. The van der Waals surface area contributed by atoms with Gasteiger partial charge in [-0.05, 0) is 30.5 Å². The molecule has 0 saturated carbocycles. The van der Waals surface area contributed by atoms with E-state index in [-0.39, 0.29) is 0 Å². The fourth-order valence-corrected chi connectivity index (χ4v) is 4.12. The zero-order chi connectivity index (χ0) is 18.9. The van der Waals surface area contributed by atoms with E-state index in [1.54, 1.807) is 0 Å². The predicted octanol–water partition coefficient (Wildman–Crippen LogP) is 2.54. The van der Waals surface area contributed by atoms with Crippen molar-refractivity contribution in [1.29, 1.82) is 0 Å². The van der Waals surface area contributed by atoms with Gasteiger partial charge in [-0.2, -0.15) is 4.98 Å². The second-order valence-corrected chi connectivity index (χ2v) is 7.35. The minimum Gasteiger partial charge on any atom is -0.378 e. The van der Waals surface area contributed by atoms with E-state index < -0.39 is 0 Å². The Balaban J connectivity index is 1.61. The molecule has 4 heterocycles. The number of ether oxygens (including phenoxy) is 1. The smallest absolute Gasteiger partial charge is 0.228 e. The van der Waals surface area contributed by atoms with Crippen LogP contribution < -0.4 is 9.80 Å². The molecule has 0 unspecified atom stereocenters. The van der Waals surface area contributed by atoms with Crippen molar-refractivity contribution in [3.63, 3.8) is 0 Å². The molecular weight excluding hydrogens is 354 g/mol. The molecular formula is C21H23N5O2. The number of allylic oxidation sites excluding steroid dienone is 2. The molecule has 0 spiro atoms. The van der Waals surface area contributed by atoms with Gasteiger partial charge in [-0.15, -0.1) is 0 Å². The van der Waals surface area contributed by atoms with E-state index in [0.29, 0.717) is 31.8 Å². The molecule has 28 heavy (non-hydrogen) atoms. The van der Waals surface area contributed by atoms with Crippen LogP contribution in [-0.2, 0) is 16.0 Å². The molecule has 0 radical (unpaired) electrons. The van der Waals surface area contributed by atoms with Crippen molar-refractivity contribution in [2.24, 2.45) is 0 Å². The number of carbonyl (C=O) groups excluding carboxylic acids is 1. The molecule has 7 heteroatoms. The summed E-state index contributed by atoms with van der Waals surface area (Å²) in [5, 5.41) is 0. The summed E-state index contributed by atoms with van der Waals surface area (Å²) in [4.78, 5) is 30.3. The SMILES string of the molecule is O=C1CC=C(c2nc(N3CCOCC3)nc3c2CCN3c2ccncc2)CC1. The van der Waals surface area contributed by atoms with Crippen LogP contribution in [0, 0.1) is 0 Å². The number of hydrogen-bond donors (Lipinski definition) is 0. The molecule has 5 rings (SSSR count). The van der Waals surface area contributed by atoms with Gasteiger partial charge in [0.2, 0.25) is 5.95 Å². The van der Waals surface area contributed by atoms with E-state index in [0.717, 1.165) is 55.6 Å². The Morgan fingerprint density at radius 2 is 1.79 bits per heavy atom. The van der Waals surface area contributed by atoms with Crippen molar-refractivity contribution in [2.45, 2.75) is 25.7 Å². The van der Waals surface area contributed by atoms with Gasteiger partial charge >= 0.3 is 0 Å². The summed E-state index contributed by atoms with van der Waals surface area (Å²) >= 11 is 0. The second-order valence-electron chi connectivity index (χ2n) is 7.35. The van der Waals surface area contributed by atoms with Gasteiger partial charge in [-0.3, -0.25) is 9.78 Å². The molecule has 0 aromatic carbocycles. The Labute approximate surface area is 164 Å². The van der Waals surface area contributed by atoms with Gasteiger partial charge in [-0.25, -0.2) is 4.98 Å². The number of ketones is 1. The van der Waals surface area contributed by atoms with Crippen molar-refractivity contribution in [1.82, 2.24) is 15.0 Å². The lowest BCUT2D eigenvalue weighted by molar-refractivity contribution is -0.118. The summed E-state index contributed by atoms with van der Waals surface area (Å²) < 4.78 is 5.50. The van der Waals surface area contributed by atoms with Gasteiger partial charge in [-0.1, -0.05) is 6.08 Å². The molecule has 1 aliphatic carbocycles. The average molecular weight is 377 g/mol. The highest BCUT2D eigenvalue weighted by Crippen LogP contribution is 2.39. The molecule has 2 aromatic heterocycles. The Kier molecular flexibility index (Phi) is 4.52. The van der Waals surface area contributed by atoms with Crippen LogP contribution in [0.25, 0.3) is 5.57 Å². The fraction of sp³-hybridized carbons (Fsp3) is 0.429. The number of carbonyl (C=O) groups is 1. The highest BCUT2D eigenvalue weighted by atomic mass is 16.5. The van der Waals surface area contributed by atoms with Gasteiger partial charge in [0.1, 0.15) is 11.6 Å². The number of Topliss-reactive ketones (excluding diaryl/α,β-unsaturated/α-hetero) is 1. The maximum atomic E-state index is 11.7. The zero-order valence-corrected chi connectivity index (χ0v) is 15.8. The van der Waals surface area contributed by atoms with Crippen molar-refractivity contribution >= 4 is 28.8 Å². The molecule has 1 saturated heterocycles. The maximum Gasteiger partial charge on any atom is 0.228 e. The molecule has 2 aliphatic heterocycles. The van der Waals surface area contributed by atoms with Gasteiger partial charge in [0.05, 0.1) is 18.9 Å². The maximum absolute atomic E-state index is 11.7. The number of aromatic nitrogens is 3. The highest BCUT2D eigenvalue weighted by molar-refractivity contribution is 5.88. The molecule has 3 aliphatic rings. The minimum atomic E-state index is 0.307. The molecule has 2 aromatic rings. The predicted molar refractivity (Wildman–Crippen MR) is 107 cm³/mol. The molecule has 0 N–H and O–H groups in total. The summed E-state index contributed by atoms with van der Waals surface area (Å²) in [7, 11) is 0. The number of hydrogen-bond acceptors (Lipinski definition) is 7. The molecule has 0 amide bonds. The first-order valence-corrected chi connectivity index (χ1v) is 9.92. The van der Waals surface area contributed by atoms with Gasteiger partial charge in [0.15, 0.2) is 0 Å². The van der Waals surface area contributed by atoms with Crippen LogP contribution >= 0.6 is 0 Å². The highest BCUT2D eigenvalue weighted by Gasteiger charge is 2.30. The van der Waals surface area contributed by atoms with Crippen molar-refractivity contribution in [3.8, 4) is 0 Å². The average Bonchev–Trinajstić information content (AvgIpc) is 3.19. The second kappa shape index (κ2) is 7.31. The van der Waals surface area contributed by atoms with Crippen LogP contribution in [-0.4, -0.2) is 53.6 Å². The Hall–Kier alpha value is -2.80. The van der Waals surface area contributed by atoms with Crippen LogP contribution in [0.2, 0.25) is 0 Å². The van der Waals surface area contributed by atoms with E-state index in [4.69, 9.17) is 14.7 Å². The first-order valence-electron chi connectivity index (χ1n) is 9.92. The van der Waals surface area contributed by atoms with Gasteiger partial charge in [0, 0.05) is 56.1 Å². The Morgan fingerprint density at radius 3 is 2.54 bits per heavy atom. The molecule has 1 fully saturated rings. The van der Waals surface area contributed by atoms with Crippen LogP contribution in [0.5, 0.6) is 0 Å². The summed E-state index contributed by atoms with van der Waals surface area (Å²) in [5.74, 6) is 2.05. The lowest BCUT2D eigenvalue weighted by Gasteiger charge is -2.29. The third kappa shape index (κ3) is 3.16. The Bertz CT molecular complexity index is 922. The largest absolute Gasteiger partial charge is 0.378 e. The summed E-state index contributed by atoms with van der Waals surface area (Å²) in [6.45, 7) is 3.86. The first-order chi connectivity index (χ1) is 13.8. The zero-order valence-electron chi connectivity index (χ0n) is 15.8. The standard InChI is InChI=1S/C21H23N5O2/c27-17-3-1-15(2-4-17)19-18-7-10-26(16-5-8-22-9-6-16)20(18)24-21(23-19)25-11-13-28-14-12-25/h1,5-6,8-9H,2-4,7,10-14H2.